The van der Waals surface area contributed by atoms with Gasteiger partial charge in [0.05, 0.1) is 5.92 Å². The van der Waals surface area contributed by atoms with Crippen molar-refractivity contribution in [2.45, 2.75) is 38.3 Å². The Morgan fingerprint density at radius 2 is 1.40 bits per heavy atom. The number of alkyl halides is 3. The van der Waals surface area contributed by atoms with Crippen molar-refractivity contribution in [3.63, 3.8) is 0 Å². The van der Waals surface area contributed by atoms with E-state index in [1.807, 2.05) is 0 Å². The van der Waals surface area contributed by atoms with Gasteiger partial charge >= 0.3 is 6.18 Å². The number of hydrogen-bond acceptors (Lipinski definition) is 0. The largest absolute Gasteiger partial charge is 0.395 e. The molecule has 0 spiro atoms. The van der Waals surface area contributed by atoms with Crippen LogP contribution in [0.25, 0.3) is 0 Å². The predicted molar refractivity (Wildman–Crippen MR) is 32.4 cm³/mol. The average molecular weight is 151 g/mol. The molecular formula is C7H10F3. The quantitative estimate of drug-likeness (QED) is 0.499. The van der Waals surface area contributed by atoms with Crippen molar-refractivity contribution in [3.05, 3.63) is 5.92 Å². The highest BCUT2D eigenvalue weighted by atomic mass is 19.4. The molecule has 1 aliphatic rings. The van der Waals surface area contributed by atoms with E-state index in [0.717, 1.165) is 19.3 Å². The third-order valence-corrected chi connectivity index (χ3v) is 1.86. The van der Waals surface area contributed by atoms with Gasteiger partial charge in [-0.1, -0.05) is 19.3 Å². The van der Waals surface area contributed by atoms with Gasteiger partial charge in [0.25, 0.3) is 0 Å². The van der Waals surface area contributed by atoms with E-state index in [1.54, 1.807) is 0 Å². The summed E-state index contributed by atoms with van der Waals surface area (Å²) in [5.41, 5.74) is 0. The molecule has 0 amide bonds. The molecule has 0 nitrogen and oxygen atoms in total. The fraction of sp³-hybridized carbons (Fsp3) is 0.857. The zero-order valence-electron chi connectivity index (χ0n) is 5.67. The second-order valence-corrected chi connectivity index (χ2v) is 2.66. The monoisotopic (exact) mass is 151 g/mol. The maximum absolute atomic E-state index is 11.9. The van der Waals surface area contributed by atoms with Gasteiger partial charge in [-0.15, -0.1) is 0 Å². The van der Waals surface area contributed by atoms with Gasteiger partial charge in [-0.25, -0.2) is 0 Å². The molecule has 0 aromatic heterocycles. The molecule has 10 heavy (non-hydrogen) atoms. The minimum atomic E-state index is -4.01. The first kappa shape index (κ1) is 7.89. The molecule has 0 aromatic carbocycles. The summed E-state index contributed by atoms with van der Waals surface area (Å²) in [5, 5.41) is 0. The topological polar surface area (TPSA) is 0 Å². The van der Waals surface area contributed by atoms with Gasteiger partial charge in [-0.3, -0.25) is 0 Å². The van der Waals surface area contributed by atoms with E-state index >= 15 is 0 Å². The lowest BCUT2D eigenvalue weighted by Crippen LogP contribution is -2.22. The average Bonchev–Trinajstić information content (AvgIpc) is 1.88. The van der Waals surface area contributed by atoms with Crippen molar-refractivity contribution in [3.8, 4) is 0 Å². The third-order valence-electron chi connectivity index (χ3n) is 1.86. The molecule has 1 aliphatic carbocycles. The van der Waals surface area contributed by atoms with Crippen LogP contribution >= 0.6 is 0 Å². The molecule has 0 unspecified atom stereocenters. The SMILES string of the molecule is FC(F)(F)[C]1CCCCC1. The van der Waals surface area contributed by atoms with E-state index < -0.39 is 6.18 Å². The number of rotatable bonds is 0. The van der Waals surface area contributed by atoms with Crippen LogP contribution in [0.3, 0.4) is 0 Å². The number of hydrogen-bond donors (Lipinski definition) is 0. The van der Waals surface area contributed by atoms with Crippen LogP contribution in [0.2, 0.25) is 0 Å². The Kier molecular flexibility index (Phi) is 2.21. The summed E-state index contributed by atoms with van der Waals surface area (Å²) in [6.07, 6.45) is -1.09. The van der Waals surface area contributed by atoms with Crippen LogP contribution in [-0.2, 0) is 0 Å². The van der Waals surface area contributed by atoms with E-state index in [1.165, 1.54) is 0 Å². The van der Waals surface area contributed by atoms with E-state index in [4.69, 9.17) is 0 Å². The Hall–Kier alpha value is -0.210. The third kappa shape index (κ3) is 1.89. The molecule has 0 N–H and O–H groups in total. The van der Waals surface area contributed by atoms with Crippen molar-refractivity contribution in [1.29, 1.82) is 0 Å². The van der Waals surface area contributed by atoms with Crippen LogP contribution in [0.4, 0.5) is 13.2 Å². The van der Waals surface area contributed by atoms with Crippen LogP contribution in [0, 0.1) is 5.92 Å². The lowest BCUT2D eigenvalue weighted by atomic mass is 9.89. The Bertz CT molecular complexity index is 99.9. The van der Waals surface area contributed by atoms with E-state index in [0.29, 0.717) is 0 Å². The van der Waals surface area contributed by atoms with Gasteiger partial charge in [-0.2, -0.15) is 13.2 Å². The molecule has 1 fully saturated rings. The summed E-state index contributed by atoms with van der Waals surface area (Å²) in [7, 11) is 0. The lowest BCUT2D eigenvalue weighted by molar-refractivity contribution is -0.121. The number of halogens is 3. The minimum absolute atomic E-state index is 0.209. The Morgan fingerprint density at radius 3 is 1.70 bits per heavy atom. The highest BCUT2D eigenvalue weighted by molar-refractivity contribution is 4.99. The highest BCUT2D eigenvalue weighted by Gasteiger charge is 2.40. The summed E-state index contributed by atoms with van der Waals surface area (Å²) in [6.45, 7) is 0. The molecule has 1 radical (unpaired) electrons. The lowest BCUT2D eigenvalue weighted by Gasteiger charge is -2.22. The maximum atomic E-state index is 11.9. The Labute approximate surface area is 58.4 Å². The van der Waals surface area contributed by atoms with Gasteiger partial charge in [0, 0.05) is 0 Å². The minimum Gasteiger partial charge on any atom is -0.170 e. The van der Waals surface area contributed by atoms with Crippen LogP contribution in [0.15, 0.2) is 0 Å². The summed E-state index contributed by atoms with van der Waals surface area (Å²) < 4.78 is 35.7. The molecule has 0 aliphatic heterocycles. The van der Waals surface area contributed by atoms with Crippen LogP contribution < -0.4 is 0 Å². The molecule has 0 aromatic rings. The molecule has 0 atom stereocenters. The normalized spacial score (nSPS) is 23.1. The zero-order chi connectivity index (χ0) is 7.61. The Morgan fingerprint density at radius 1 is 0.900 bits per heavy atom. The molecule has 0 heterocycles. The molecular weight excluding hydrogens is 141 g/mol. The Balaban J connectivity index is 2.39. The van der Waals surface area contributed by atoms with E-state index in [9.17, 15) is 13.2 Å². The van der Waals surface area contributed by atoms with E-state index in [-0.39, 0.29) is 18.8 Å². The summed E-state index contributed by atoms with van der Waals surface area (Å²) in [4.78, 5) is 0. The molecule has 1 rings (SSSR count). The summed E-state index contributed by atoms with van der Waals surface area (Å²) in [6, 6.07) is 0. The molecule has 0 saturated heterocycles. The van der Waals surface area contributed by atoms with Crippen LogP contribution in [0.5, 0.6) is 0 Å². The van der Waals surface area contributed by atoms with Gasteiger partial charge in [0.2, 0.25) is 0 Å². The van der Waals surface area contributed by atoms with Gasteiger partial charge in [0.15, 0.2) is 0 Å². The first-order valence-electron chi connectivity index (χ1n) is 3.52. The van der Waals surface area contributed by atoms with Crippen LogP contribution in [-0.4, -0.2) is 6.18 Å². The van der Waals surface area contributed by atoms with Crippen molar-refractivity contribution < 1.29 is 13.2 Å². The predicted octanol–water partition coefficient (Wildman–Crippen LogP) is 3.09. The van der Waals surface area contributed by atoms with Crippen molar-refractivity contribution in [2.24, 2.45) is 0 Å². The molecule has 3 heteroatoms. The first-order chi connectivity index (χ1) is 4.61. The first-order valence-corrected chi connectivity index (χ1v) is 3.52. The smallest absolute Gasteiger partial charge is 0.170 e. The van der Waals surface area contributed by atoms with Gasteiger partial charge in [-0.05, 0) is 12.8 Å². The highest BCUT2D eigenvalue weighted by Crippen LogP contribution is 2.38. The fourth-order valence-corrected chi connectivity index (χ4v) is 1.26. The molecule has 1 saturated carbocycles. The van der Waals surface area contributed by atoms with Crippen molar-refractivity contribution in [2.75, 3.05) is 0 Å². The second-order valence-electron chi connectivity index (χ2n) is 2.66. The van der Waals surface area contributed by atoms with E-state index in [2.05, 4.69) is 0 Å². The zero-order valence-corrected chi connectivity index (χ0v) is 5.67. The molecule has 59 valence electrons. The molecule has 0 bridgehead atoms. The van der Waals surface area contributed by atoms with Crippen LogP contribution in [0.1, 0.15) is 32.1 Å². The standard InChI is InChI=1S/C7H10F3/c8-7(9,10)6-4-2-1-3-5-6/h1-5H2. The van der Waals surface area contributed by atoms with Crippen molar-refractivity contribution in [1.82, 2.24) is 0 Å². The van der Waals surface area contributed by atoms with Crippen molar-refractivity contribution >= 4 is 0 Å². The summed E-state index contributed by atoms with van der Waals surface area (Å²) in [5.74, 6) is -0.209. The fourth-order valence-electron chi connectivity index (χ4n) is 1.26. The second kappa shape index (κ2) is 2.81. The summed E-state index contributed by atoms with van der Waals surface area (Å²) >= 11 is 0. The van der Waals surface area contributed by atoms with Gasteiger partial charge < -0.3 is 0 Å². The van der Waals surface area contributed by atoms with Gasteiger partial charge in [0.1, 0.15) is 0 Å². The maximum Gasteiger partial charge on any atom is 0.395 e.